The van der Waals surface area contributed by atoms with E-state index in [9.17, 15) is 18.0 Å². The topological polar surface area (TPSA) is 113 Å². The van der Waals surface area contributed by atoms with Gasteiger partial charge < -0.3 is 14.7 Å². The Labute approximate surface area is 134 Å². The Morgan fingerprint density at radius 3 is 2.30 bits per heavy atom. The van der Waals surface area contributed by atoms with Crippen LogP contribution in [0.15, 0.2) is 29.2 Å². The molecule has 1 aliphatic heterocycles. The summed E-state index contributed by atoms with van der Waals surface area (Å²) < 4.78 is 31.3. The van der Waals surface area contributed by atoms with Crippen molar-refractivity contribution in [1.29, 1.82) is 0 Å². The molecule has 1 amide bonds. The van der Waals surface area contributed by atoms with Crippen molar-refractivity contribution in [1.82, 2.24) is 9.62 Å². The van der Waals surface area contributed by atoms with E-state index in [0.717, 1.165) is 0 Å². The summed E-state index contributed by atoms with van der Waals surface area (Å²) in [6.07, 6.45) is 0. The summed E-state index contributed by atoms with van der Waals surface area (Å²) in [6, 6.07) is 4.15. The van der Waals surface area contributed by atoms with Gasteiger partial charge in [-0.1, -0.05) is 0 Å². The zero-order valence-corrected chi connectivity index (χ0v) is 13.4. The molecule has 1 fully saturated rings. The smallest absolute Gasteiger partial charge is 0.321 e. The monoisotopic (exact) mass is 342 g/mol. The number of benzene rings is 1. The molecule has 8 nitrogen and oxygen atoms in total. The largest absolute Gasteiger partial charge is 0.480 e. The maximum Gasteiger partial charge on any atom is 0.321 e. The molecule has 1 heterocycles. The van der Waals surface area contributed by atoms with E-state index in [1.165, 1.54) is 31.2 Å². The maximum absolute atomic E-state index is 12.3. The van der Waals surface area contributed by atoms with Gasteiger partial charge in [-0.2, -0.15) is 4.72 Å². The van der Waals surface area contributed by atoms with Gasteiger partial charge in [-0.15, -0.1) is 0 Å². The number of carboxylic acids is 1. The SMILES string of the molecule is C[C@@H](NS(=O)(=O)c1ccc(C(=O)N2CCOCC2)cc1)C(=O)O. The highest BCUT2D eigenvalue weighted by Crippen LogP contribution is 2.13. The predicted molar refractivity (Wildman–Crippen MR) is 80.6 cm³/mol. The second-order valence-corrected chi connectivity index (χ2v) is 6.82. The maximum atomic E-state index is 12.3. The lowest BCUT2D eigenvalue weighted by Crippen LogP contribution is -2.40. The third-order valence-electron chi connectivity index (χ3n) is 3.41. The molecule has 2 N–H and O–H groups in total. The predicted octanol–water partition coefficient (Wildman–Crippen LogP) is -0.0896. The fourth-order valence-corrected chi connectivity index (χ4v) is 3.27. The van der Waals surface area contributed by atoms with Crippen LogP contribution < -0.4 is 4.72 Å². The molecule has 126 valence electrons. The third kappa shape index (κ3) is 4.27. The van der Waals surface area contributed by atoms with Crippen LogP contribution in [-0.4, -0.2) is 62.6 Å². The highest BCUT2D eigenvalue weighted by Gasteiger charge is 2.23. The number of ether oxygens (including phenoxy) is 1. The fourth-order valence-electron chi connectivity index (χ4n) is 2.08. The number of hydrogen-bond acceptors (Lipinski definition) is 5. The van der Waals surface area contributed by atoms with Crippen LogP contribution in [-0.2, 0) is 19.6 Å². The minimum Gasteiger partial charge on any atom is -0.480 e. The first-order chi connectivity index (χ1) is 10.8. The van der Waals surface area contributed by atoms with Gasteiger partial charge in [-0.25, -0.2) is 8.42 Å². The molecular weight excluding hydrogens is 324 g/mol. The van der Waals surface area contributed by atoms with Crippen LogP contribution in [0.1, 0.15) is 17.3 Å². The summed E-state index contributed by atoms with van der Waals surface area (Å²) in [5.74, 6) is -1.46. The standard InChI is InChI=1S/C14H18N2O6S/c1-10(14(18)19)15-23(20,21)12-4-2-11(3-5-12)13(17)16-6-8-22-9-7-16/h2-5,10,15H,6-9H2,1H3,(H,18,19)/t10-/m1/s1. The van der Waals surface area contributed by atoms with Crippen LogP contribution in [0.25, 0.3) is 0 Å². The minimum absolute atomic E-state index is 0.0934. The molecular formula is C14H18N2O6S. The van der Waals surface area contributed by atoms with Crippen LogP contribution in [0.4, 0.5) is 0 Å². The van der Waals surface area contributed by atoms with Crippen molar-refractivity contribution in [2.75, 3.05) is 26.3 Å². The van der Waals surface area contributed by atoms with Crippen molar-refractivity contribution in [3.8, 4) is 0 Å². The van der Waals surface area contributed by atoms with Crippen LogP contribution in [0.5, 0.6) is 0 Å². The van der Waals surface area contributed by atoms with E-state index in [-0.39, 0.29) is 10.8 Å². The number of nitrogens with one attached hydrogen (secondary N) is 1. The number of rotatable bonds is 5. The molecule has 1 saturated heterocycles. The van der Waals surface area contributed by atoms with E-state index in [1.54, 1.807) is 4.90 Å². The van der Waals surface area contributed by atoms with Crippen molar-refractivity contribution in [2.45, 2.75) is 17.9 Å². The molecule has 1 aliphatic rings. The molecule has 9 heteroatoms. The number of hydrogen-bond donors (Lipinski definition) is 2. The van der Waals surface area contributed by atoms with Gasteiger partial charge in [-0.05, 0) is 31.2 Å². The Balaban J connectivity index is 2.12. The lowest BCUT2D eigenvalue weighted by Gasteiger charge is -2.26. The third-order valence-corrected chi connectivity index (χ3v) is 4.97. The first-order valence-corrected chi connectivity index (χ1v) is 8.52. The Kier molecular flexibility index (Phi) is 5.34. The van der Waals surface area contributed by atoms with Crippen LogP contribution in [0.2, 0.25) is 0 Å². The number of carbonyl (C=O) groups is 2. The molecule has 0 radical (unpaired) electrons. The first kappa shape index (κ1) is 17.4. The molecule has 2 rings (SSSR count). The van der Waals surface area contributed by atoms with Crippen molar-refractivity contribution < 1.29 is 27.9 Å². The van der Waals surface area contributed by atoms with Gasteiger partial charge in [0.1, 0.15) is 6.04 Å². The number of aliphatic carboxylic acids is 1. The van der Waals surface area contributed by atoms with Gasteiger partial charge in [-0.3, -0.25) is 9.59 Å². The van der Waals surface area contributed by atoms with E-state index in [0.29, 0.717) is 31.9 Å². The Morgan fingerprint density at radius 2 is 1.78 bits per heavy atom. The quantitative estimate of drug-likeness (QED) is 0.773. The molecule has 1 aromatic rings. The second-order valence-electron chi connectivity index (χ2n) is 5.11. The highest BCUT2D eigenvalue weighted by molar-refractivity contribution is 7.89. The lowest BCUT2D eigenvalue weighted by atomic mass is 10.2. The number of sulfonamides is 1. The summed E-state index contributed by atoms with van der Waals surface area (Å²) in [5, 5.41) is 8.77. The van der Waals surface area contributed by atoms with E-state index in [4.69, 9.17) is 9.84 Å². The molecule has 1 atom stereocenters. The molecule has 0 aromatic heterocycles. The number of carbonyl (C=O) groups excluding carboxylic acids is 1. The van der Waals surface area contributed by atoms with E-state index >= 15 is 0 Å². The van der Waals surface area contributed by atoms with E-state index in [1.807, 2.05) is 4.72 Å². The summed E-state index contributed by atoms with van der Waals surface area (Å²) in [6.45, 7) is 3.19. The Hall–Kier alpha value is -1.97. The van der Waals surface area contributed by atoms with E-state index in [2.05, 4.69) is 0 Å². The fraction of sp³-hybridized carbons (Fsp3) is 0.429. The normalized spacial score (nSPS) is 16.8. The van der Waals surface area contributed by atoms with Crippen LogP contribution in [0.3, 0.4) is 0 Å². The summed E-state index contributed by atoms with van der Waals surface area (Å²) in [4.78, 5) is 24.5. The van der Waals surface area contributed by atoms with Gasteiger partial charge in [0.25, 0.3) is 5.91 Å². The first-order valence-electron chi connectivity index (χ1n) is 7.03. The number of amides is 1. The van der Waals surface area contributed by atoms with Gasteiger partial charge in [0, 0.05) is 18.7 Å². The summed E-state index contributed by atoms with van der Waals surface area (Å²) >= 11 is 0. The number of carboxylic acid groups (broad SMARTS) is 1. The summed E-state index contributed by atoms with van der Waals surface area (Å²) in [5.41, 5.74) is 0.372. The van der Waals surface area contributed by atoms with Crippen molar-refractivity contribution in [2.24, 2.45) is 0 Å². The van der Waals surface area contributed by atoms with Gasteiger partial charge in [0.2, 0.25) is 10.0 Å². The molecule has 0 spiro atoms. The number of morpholine rings is 1. The molecule has 0 aliphatic carbocycles. The lowest BCUT2D eigenvalue weighted by molar-refractivity contribution is -0.138. The Morgan fingerprint density at radius 1 is 1.22 bits per heavy atom. The van der Waals surface area contributed by atoms with Gasteiger partial charge in [0.05, 0.1) is 18.1 Å². The summed E-state index contributed by atoms with van der Waals surface area (Å²) in [7, 11) is -3.95. The van der Waals surface area contributed by atoms with Crippen molar-refractivity contribution >= 4 is 21.9 Å². The zero-order chi connectivity index (χ0) is 17.0. The minimum atomic E-state index is -3.95. The Bertz CT molecular complexity index is 680. The highest BCUT2D eigenvalue weighted by atomic mass is 32.2. The molecule has 23 heavy (non-hydrogen) atoms. The molecule has 0 bridgehead atoms. The molecule has 0 saturated carbocycles. The van der Waals surface area contributed by atoms with Crippen molar-refractivity contribution in [3.63, 3.8) is 0 Å². The molecule has 0 unspecified atom stereocenters. The van der Waals surface area contributed by atoms with Gasteiger partial charge in [0.15, 0.2) is 0 Å². The van der Waals surface area contributed by atoms with E-state index < -0.39 is 22.0 Å². The van der Waals surface area contributed by atoms with Gasteiger partial charge >= 0.3 is 5.97 Å². The average Bonchev–Trinajstić information content (AvgIpc) is 2.54. The molecule has 1 aromatic carbocycles. The van der Waals surface area contributed by atoms with Crippen LogP contribution in [0, 0.1) is 0 Å². The van der Waals surface area contributed by atoms with Crippen LogP contribution >= 0.6 is 0 Å². The number of nitrogens with zero attached hydrogens (tertiary/aromatic N) is 1. The second kappa shape index (κ2) is 7.07. The average molecular weight is 342 g/mol. The zero-order valence-electron chi connectivity index (χ0n) is 12.6. The van der Waals surface area contributed by atoms with Crippen molar-refractivity contribution in [3.05, 3.63) is 29.8 Å².